The van der Waals surface area contributed by atoms with Crippen molar-refractivity contribution in [3.05, 3.63) is 65.2 Å². The number of amides is 2. The van der Waals surface area contributed by atoms with Gasteiger partial charge in [-0.25, -0.2) is 4.79 Å². The number of benzene rings is 1. The van der Waals surface area contributed by atoms with E-state index in [-0.39, 0.29) is 11.4 Å². The largest absolute Gasteiger partial charge is 0.458 e. The van der Waals surface area contributed by atoms with Gasteiger partial charge in [-0.3, -0.25) is 0 Å². The first kappa shape index (κ1) is 17.3. The van der Waals surface area contributed by atoms with E-state index in [2.05, 4.69) is 31.4 Å². The maximum absolute atomic E-state index is 12.0. The van der Waals surface area contributed by atoms with Gasteiger partial charge in [0, 0.05) is 5.69 Å². The molecule has 1 aromatic carbocycles. The van der Waals surface area contributed by atoms with E-state index in [4.69, 9.17) is 4.42 Å². The highest BCUT2D eigenvalue weighted by molar-refractivity contribution is 7.13. The molecule has 3 rings (SSSR count). The third kappa shape index (κ3) is 4.51. The van der Waals surface area contributed by atoms with Gasteiger partial charge in [0.25, 0.3) is 0 Å². The lowest BCUT2D eigenvalue weighted by Gasteiger charge is -2.19. The summed E-state index contributed by atoms with van der Waals surface area (Å²) < 4.78 is 5.75. The first-order chi connectivity index (χ1) is 11.9. The molecule has 4 nitrogen and oxygen atoms in total. The summed E-state index contributed by atoms with van der Waals surface area (Å²) in [6.45, 7) is 6.83. The second kappa shape index (κ2) is 7.15. The molecule has 0 aliphatic carbocycles. The molecule has 0 unspecified atom stereocenters. The lowest BCUT2D eigenvalue weighted by molar-refractivity contribution is 0.251. The molecule has 0 saturated heterocycles. The number of nitrogens with one attached hydrogen (secondary N) is 2. The summed E-state index contributed by atoms with van der Waals surface area (Å²) in [6, 6.07) is 15.5. The summed E-state index contributed by atoms with van der Waals surface area (Å²) in [7, 11) is 0. The van der Waals surface area contributed by atoms with E-state index in [0.29, 0.717) is 6.54 Å². The van der Waals surface area contributed by atoms with Crippen LogP contribution in [0.15, 0.2) is 58.3 Å². The van der Waals surface area contributed by atoms with Gasteiger partial charge in [0.15, 0.2) is 0 Å². The Morgan fingerprint density at radius 3 is 2.48 bits per heavy atom. The fourth-order valence-electron chi connectivity index (χ4n) is 2.42. The van der Waals surface area contributed by atoms with Crippen molar-refractivity contribution >= 4 is 23.1 Å². The number of hydrogen-bond donors (Lipinski definition) is 2. The first-order valence-corrected chi connectivity index (χ1v) is 9.08. The number of furan rings is 1. The average molecular weight is 354 g/mol. The lowest BCUT2D eigenvalue weighted by atomic mass is 9.87. The fraction of sp³-hybridized carbons (Fsp3) is 0.250. The van der Waals surface area contributed by atoms with Crippen molar-refractivity contribution in [2.75, 3.05) is 5.32 Å². The van der Waals surface area contributed by atoms with Crippen molar-refractivity contribution in [1.82, 2.24) is 5.32 Å². The van der Waals surface area contributed by atoms with Crippen molar-refractivity contribution in [1.29, 1.82) is 0 Å². The summed E-state index contributed by atoms with van der Waals surface area (Å²) in [5, 5.41) is 7.65. The number of rotatable bonds is 4. The molecule has 0 aliphatic heterocycles. The van der Waals surface area contributed by atoms with Crippen molar-refractivity contribution < 1.29 is 9.21 Å². The third-order valence-corrected chi connectivity index (χ3v) is 4.74. The summed E-state index contributed by atoms with van der Waals surface area (Å²) in [5.74, 6) is 1.55. The van der Waals surface area contributed by atoms with Gasteiger partial charge in [-0.15, -0.1) is 11.3 Å². The first-order valence-electron chi connectivity index (χ1n) is 8.20. The third-order valence-electron chi connectivity index (χ3n) is 3.86. The molecular weight excluding hydrogens is 332 g/mol. The average Bonchev–Trinajstić information content (AvgIpc) is 3.24. The number of carbonyl (C=O) groups is 1. The Bertz CT molecular complexity index is 827. The van der Waals surface area contributed by atoms with Crippen LogP contribution in [0.1, 0.15) is 32.1 Å². The minimum absolute atomic E-state index is 0.0976. The number of carbonyl (C=O) groups excluding carboxylic acids is 1. The molecule has 0 saturated carbocycles. The zero-order valence-corrected chi connectivity index (χ0v) is 15.4. The number of thiophene rings is 1. The molecule has 2 aromatic heterocycles. The van der Waals surface area contributed by atoms with Crippen LogP contribution in [0.3, 0.4) is 0 Å². The summed E-state index contributed by atoms with van der Waals surface area (Å²) in [5.41, 5.74) is 2.10. The molecule has 2 amide bonds. The van der Waals surface area contributed by atoms with Gasteiger partial charge >= 0.3 is 6.03 Å². The van der Waals surface area contributed by atoms with Crippen LogP contribution < -0.4 is 10.6 Å². The molecular formula is C20H22N2O2S. The monoisotopic (exact) mass is 354 g/mol. The Hall–Kier alpha value is -2.53. The summed E-state index contributed by atoms with van der Waals surface area (Å²) >= 11 is 1.62. The van der Waals surface area contributed by atoms with Crippen LogP contribution >= 0.6 is 11.3 Å². The van der Waals surface area contributed by atoms with Crippen LogP contribution in [0.25, 0.3) is 10.6 Å². The maximum Gasteiger partial charge on any atom is 0.319 e. The molecule has 25 heavy (non-hydrogen) atoms. The van der Waals surface area contributed by atoms with Gasteiger partial charge in [0.2, 0.25) is 0 Å². The summed E-state index contributed by atoms with van der Waals surface area (Å²) in [6.07, 6.45) is 0. The Morgan fingerprint density at radius 1 is 1.08 bits per heavy atom. The van der Waals surface area contributed by atoms with Crippen molar-refractivity contribution in [3.8, 4) is 10.6 Å². The zero-order chi connectivity index (χ0) is 17.9. The van der Waals surface area contributed by atoms with Gasteiger partial charge in [-0.05, 0) is 46.7 Å². The highest BCUT2D eigenvalue weighted by atomic mass is 32.1. The molecule has 0 aliphatic rings. The molecule has 3 aromatic rings. The smallest absolute Gasteiger partial charge is 0.319 e. The second-order valence-corrected chi connectivity index (χ2v) is 7.83. The van der Waals surface area contributed by atoms with Crippen molar-refractivity contribution in [2.24, 2.45) is 0 Å². The lowest BCUT2D eigenvalue weighted by Crippen LogP contribution is -2.28. The van der Waals surface area contributed by atoms with Crippen LogP contribution in [0.5, 0.6) is 0 Å². The van der Waals surface area contributed by atoms with Gasteiger partial charge in [0.1, 0.15) is 11.5 Å². The molecule has 0 bridgehead atoms. The highest BCUT2D eigenvalue weighted by Gasteiger charge is 2.13. The maximum atomic E-state index is 12.0. The van der Waals surface area contributed by atoms with Crippen molar-refractivity contribution in [3.63, 3.8) is 0 Å². The topological polar surface area (TPSA) is 54.3 Å². The standard InChI is InChI=1S/C20H22N2O2S/c1-20(2,3)14-6-8-15(9-7-14)22-19(23)21-13-16-10-11-17(24-16)18-5-4-12-25-18/h4-12H,13H2,1-3H3,(H2,21,22,23). The Kier molecular flexibility index (Phi) is 4.95. The second-order valence-electron chi connectivity index (χ2n) is 6.88. The van der Waals surface area contributed by atoms with Gasteiger partial charge in [-0.1, -0.05) is 39.0 Å². The SMILES string of the molecule is CC(C)(C)c1ccc(NC(=O)NCc2ccc(-c3cccs3)o2)cc1. The van der Waals surface area contributed by atoms with E-state index in [1.54, 1.807) is 11.3 Å². The van der Waals surface area contributed by atoms with Crippen molar-refractivity contribution in [2.45, 2.75) is 32.7 Å². The van der Waals surface area contributed by atoms with E-state index < -0.39 is 0 Å². The Balaban J connectivity index is 1.53. The minimum atomic E-state index is -0.252. The number of anilines is 1. The van der Waals surface area contributed by atoms with E-state index >= 15 is 0 Å². The van der Waals surface area contributed by atoms with Crippen LogP contribution in [0, 0.1) is 0 Å². The molecule has 130 valence electrons. The molecule has 0 atom stereocenters. The molecule has 5 heteroatoms. The van der Waals surface area contributed by atoms with Gasteiger partial charge < -0.3 is 15.1 Å². The Labute approximate surface area is 151 Å². The molecule has 2 heterocycles. The highest BCUT2D eigenvalue weighted by Crippen LogP contribution is 2.26. The minimum Gasteiger partial charge on any atom is -0.458 e. The predicted octanol–water partition coefficient (Wildman–Crippen LogP) is 5.63. The van der Waals surface area contributed by atoms with Crippen LogP contribution in [0.2, 0.25) is 0 Å². The molecule has 0 spiro atoms. The quantitative estimate of drug-likeness (QED) is 0.638. The number of urea groups is 1. The normalized spacial score (nSPS) is 11.3. The number of hydrogen-bond acceptors (Lipinski definition) is 3. The fourth-order valence-corrected chi connectivity index (χ4v) is 3.11. The summed E-state index contributed by atoms with van der Waals surface area (Å²) in [4.78, 5) is 13.1. The molecule has 0 radical (unpaired) electrons. The molecule has 2 N–H and O–H groups in total. The van der Waals surface area contributed by atoms with Gasteiger partial charge in [0.05, 0.1) is 11.4 Å². The van der Waals surface area contributed by atoms with E-state index in [9.17, 15) is 4.79 Å². The van der Waals surface area contributed by atoms with E-state index in [1.807, 2.05) is 53.9 Å². The van der Waals surface area contributed by atoms with E-state index in [0.717, 1.165) is 22.1 Å². The van der Waals surface area contributed by atoms with Crippen LogP contribution in [0.4, 0.5) is 10.5 Å². The van der Waals surface area contributed by atoms with Crippen LogP contribution in [-0.4, -0.2) is 6.03 Å². The van der Waals surface area contributed by atoms with E-state index in [1.165, 1.54) is 5.56 Å². The van der Waals surface area contributed by atoms with Crippen LogP contribution in [-0.2, 0) is 12.0 Å². The molecule has 0 fully saturated rings. The zero-order valence-electron chi connectivity index (χ0n) is 14.6. The Morgan fingerprint density at radius 2 is 1.84 bits per heavy atom. The van der Waals surface area contributed by atoms with Gasteiger partial charge in [-0.2, -0.15) is 0 Å². The predicted molar refractivity (Wildman–Crippen MR) is 103 cm³/mol.